The van der Waals surface area contributed by atoms with Crippen LogP contribution in [0.3, 0.4) is 0 Å². The SMILES string of the molecule is CCCCCCC/C=C\C/C=C\CCCCCCCCCCCCCC(=O)OC(COC(=O)CCCCCCC)COC(=O)CCCCCCCCCCCCCCCCCCCCCCC/C=C\CCCCCCCCCC. The number of ether oxygens (including phenoxy) is 3. The summed E-state index contributed by atoms with van der Waals surface area (Å²) in [6, 6.07) is 0. The van der Waals surface area contributed by atoms with Crippen LogP contribution in [0.25, 0.3) is 0 Å². The molecule has 1 unspecified atom stereocenters. The van der Waals surface area contributed by atoms with E-state index < -0.39 is 6.10 Å². The van der Waals surface area contributed by atoms with E-state index in [1.807, 2.05) is 0 Å². The molecule has 0 N–H and O–H groups in total. The summed E-state index contributed by atoms with van der Waals surface area (Å²) in [6.07, 6.45) is 85.3. The van der Waals surface area contributed by atoms with Crippen molar-refractivity contribution in [3.63, 3.8) is 0 Å². The van der Waals surface area contributed by atoms with Gasteiger partial charge >= 0.3 is 17.9 Å². The van der Waals surface area contributed by atoms with Gasteiger partial charge in [-0.1, -0.05) is 333 Å². The van der Waals surface area contributed by atoms with Crippen molar-refractivity contribution in [2.75, 3.05) is 13.2 Å². The minimum atomic E-state index is -0.768. The molecule has 0 aromatic heterocycles. The fourth-order valence-corrected chi connectivity index (χ4v) is 10.8. The second kappa shape index (κ2) is 68.1. The fourth-order valence-electron chi connectivity index (χ4n) is 10.8. The average Bonchev–Trinajstić information content (AvgIpc) is 3.45. The molecule has 0 aromatic rings. The Labute approximate surface area is 493 Å². The van der Waals surface area contributed by atoms with E-state index in [9.17, 15) is 14.4 Å². The van der Waals surface area contributed by atoms with Crippen LogP contribution in [0.1, 0.15) is 393 Å². The summed E-state index contributed by atoms with van der Waals surface area (Å²) >= 11 is 0. The van der Waals surface area contributed by atoms with Crippen molar-refractivity contribution in [1.82, 2.24) is 0 Å². The van der Waals surface area contributed by atoms with E-state index in [1.165, 1.54) is 283 Å². The van der Waals surface area contributed by atoms with Crippen LogP contribution in [0, 0.1) is 0 Å². The van der Waals surface area contributed by atoms with Crippen LogP contribution >= 0.6 is 0 Å². The number of allylic oxidation sites excluding steroid dienone is 6. The summed E-state index contributed by atoms with van der Waals surface area (Å²) < 4.78 is 16.8. The molecule has 0 aliphatic carbocycles. The topological polar surface area (TPSA) is 78.9 Å². The first-order chi connectivity index (χ1) is 39.0. The molecule has 0 radical (unpaired) electrons. The Bertz CT molecular complexity index is 1320. The number of carbonyl (C=O) groups excluding carboxylic acids is 3. The summed E-state index contributed by atoms with van der Waals surface area (Å²) in [7, 11) is 0. The minimum Gasteiger partial charge on any atom is -0.462 e. The number of hydrogen-bond donors (Lipinski definition) is 0. The molecule has 1 atom stereocenters. The Balaban J connectivity index is 3.90. The van der Waals surface area contributed by atoms with Crippen molar-refractivity contribution in [2.45, 2.75) is 399 Å². The van der Waals surface area contributed by atoms with E-state index in [-0.39, 0.29) is 31.1 Å². The van der Waals surface area contributed by atoms with E-state index in [4.69, 9.17) is 14.2 Å². The molecule has 6 heteroatoms. The monoisotopic (exact) mass is 1110 g/mol. The Kier molecular flexibility index (Phi) is 66.1. The highest BCUT2D eigenvalue weighted by atomic mass is 16.6. The number of esters is 3. The predicted octanol–water partition coefficient (Wildman–Crippen LogP) is 24.3. The van der Waals surface area contributed by atoms with Gasteiger partial charge in [0.05, 0.1) is 0 Å². The maximum atomic E-state index is 12.8. The van der Waals surface area contributed by atoms with Crippen molar-refractivity contribution in [3.05, 3.63) is 36.5 Å². The van der Waals surface area contributed by atoms with E-state index in [2.05, 4.69) is 57.2 Å². The maximum Gasteiger partial charge on any atom is 0.306 e. The maximum absolute atomic E-state index is 12.8. The zero-order valence-electron chi connectivity index (χ0n) is 53.4. The molecule has 0 aliphatic rings. The van der Waals surface area contributed by atoms with Crippen LogP contribution < -0.4 is 0 Å². The van der Waals surface area contributed by atoms with Gasteiger partial charge < -0.3 is 14.2 Å². The van der Waals surface area contributed by atoms with Gasteiger partial charge in [0.1, 0.15) is 13.2 Å². The zero-order chi connectivity index (χ0) is 57.1. The molecule has 0 heterocycles. The minimum absolute atomic E-state index is 0.0685. The number of hydrogen-bond acceptors (Lipinski definition) is 6. The first-order valence-corrected chi connectivity index (χ1v) is 35.5. The first kappa shape index (κ1) is 76.6. The van der Waals surface area contributed by atoms with Gasteiger partial charge in [-0.2, -0.15) is 0 Å². The van der Waals surface area contributed by atoms with Crippen molar-refractivity contribution >= 4 is 17.9 Å². The quantitative estimate of drug-likeness (QED) is 0.0261. The van der Waals surface area contributed by atoms with Gasteiger partial charge in [0, 0.05) is 19.3 Å². The van der Waals surface area contributed by atoms with Crippen LogP contribution in [-0.4, -0.2) is 37.2 Å². The molecule has 0 saturated carbocycles. The van der Waals surface area contributed by atoms with Gasteiger partial charge in [-0.05, 0) is 77.0 Å². The third kappa shape index (κ3) is 66.3. The summed E-state index contributed by atoms with van der Waals surface area (Å²) in [5.41, 5.74) is 0. The molecule has 6 nitrogen and oxygen atoms in total. The second-order valence-corrected chi connectivity index (χ2v) is 24.1. The first-order valence-electron chi connectivity index (χ1n) is 35.5. The van der Waals surface area contributed by atoms with Gasteiger partial charge in [-0.15, -0.1) is 0 Å². The van der Waals surface area contributed by atoms with Gasteiger partial charge in [0.15, 0.2) is 6.10 Å². The third-order valence-electron chi connectivity index (χ3n) is 16.1. The molecule has 0 aromatic carbocycles. The number of unbranched alkanes of at least 4 members (excludes halogenated alkanes) is 49. The highest BCUT2D eigenvalue weighted by Gasteiger charge is 2.19. The smallest absolute Gasteiger partial charge is 0.306 e. The molecule has 79 heavy (non-hydrogen) atoms. The van der Waals surface area contributed by atoms with E-state index >= 15 is 0 Å². The van der Waals surface area contributed by atoms with Gasteiger partial charge in [0.25, 0.3) is 0 Å². The van der Waals surface area contributed by atoms with Crippen LogP contribution in [0.2, 0.25) is 0 Å². The molecule has 0 spiro atoms. The van der Waals surface area contributed by atoms with Crippen LogP contribution in [0.15, 0.2) is 36.5 Å². The standard InChI is InChI=1S/C73H136O6/c1-4-7-10-13-15-17-19-21-23-25-27-29-31-32-33-34-35-36-37-38-39-40-42-43-45-47-49-51-53-55-57-60-63-66-72(75)78-69-70(68-77-71(74)65-62-59-12-9-6-3)79-73(76)67-64-61-58-56-54-52-50-48-46-44-41-30-28-26-24-22-20-18-16-14-11-8-5-2/h20,22,25-28,70H,4-19,21,23-24,29-69H2,1-3H3/b22-20-,27-25-,28-26-. The highest BCUT2D eigenvalue weighted by molar-refractivity contribution is 5.71. The normalized spacial score (nSPS) is 12.2. The Morgan fingerprint density at radius 3 is 0.709 bits per heavy atom. The summed E-state index contributed by atoms with van der Waals surface area (Å²) in [5, 5.41) is 0. The summed E-state index contributed by atoms with van der Waals surface area (Å²) in [6.45, 7) is 6.61. The Hall–Kier alpha value is -2.37. The van der Waals surface area contributed by atoms with Crippen molar-refractivity contribution in [1.29, 1.82) is 0 Å². The van der Waals surface area contributed by atoms with Crippen molar-refractivity contribution < 1.29 is 28.6 Å². The van der Waals surface area contributed by atoms with Crippen LogP contribution in [0.5, 0.6) is 0 Å². The lowest BCUT2D eigenvalue weighted by Gasteiger charge is -2.18. The van der Waals surface area contributed by atoms with E-state index in [1.54, 1.807) is 0 Å². The lowest BCUT2D eigenvalue weighted by Crippen LogP contribution is -2.30. The number of carbonyl (C=O) groups is 3. The molecule has 0 saturated heterocycles. The lowest BCUT2D eigenvalue weighted by molar-refractivity contribution is -0.167. The van der Waals surface area contributed by atoms with Gasteiger partial charge in [0.2, 0.25) is 0 Å². The zero-order valence-corrected chi connectivity index (χ0v) is 53.4. The van der Waals surface area contributed by atoms with Crippen LogP contribution in [0.4, 0.5) is 0 Å². The molecule has 0 fully saturated rings. The predicted molar refractivity (Wildman–Crippen MR) is 344 cm³/mol. The largest absolute Gasteiger partial charge is 0.462 e. The molecule has 0 amide bonds. The second-order valence-electron chi connectivity index (χ2n) is 24.1. The Morgan fingerprint density at radius 2 is 0.456 bits per heavy atom. The van der Waals surface area contributed by atoms with Gasteiger partial charge in [-0.25, -0.2) is 0 Å². The third-order valence-corrected chi connectivity index (χ3v) is 16.1. The van der Waals surface area contributed by atoms with Crippen molar-refractivity contribution in [2.24, 2.45) is 0 Å². The summed E-state index contributed by atoms with van der Waals surface area (Å²) in [4.78, 5) is 38.0. The molecular formula is C73H136O6. The summed E-state index contributed by atoms with van der Waals surface area (Å²) in [5.74, 6) is -0.861. The number of rotatable bonds is 66. The van der Waals surface area contributed by atoms with E-state index in [0.717, 1.165) is 70.6 Å². The fraction of sp³-hybridized carbons (Fsp3) is 0.877. The molecule has 0 aliphatic heterocycles. The lowest BCUT2D eigenvalue weighted by atomic mass is 10.0. The highest BCUT2D eigenvalue weighted by Crippen LogP contribution is 2.18. The van der Waals surface area contributed by atoms with E-state index in [0.29, 0.717) is 19.3 Å². The van der Waals surface area contributed by atoms with Crippen molar-refractivity contribution in [3.8, 4) is 0 Å². The molecule has 0 bridgehead atoms. The van der Waals surface area contributed by atoms with Crippen LogP contribution in [-0.2, 0) is 28.6 Å². The molecule has 464 valence electrons. The Morgan fingerprint density at radius 1 is 0.253 bits per heavy atom. The average molecular weight is 1110 g/mol. The van der Waals surface area contributed by atoms with Gasteiger partial charge in [-0.3, -0.25) is 14.4 Å². The molecule has 0 rings (SSSR count). The molecular weight excluding hydrogens is 973 g/mol.